The number of hydrogen-bond donors (Lipinski definition) is 0. The fraction of sp³-hybridized carbons (Fsp3) is 0.235. The van der Waals surface area contributed by atoms with E-state index in [0.717, 1.165) is 28.5 Å². The molecule has 0 radical (unpaired) electrons. The molecule has 22 heavy (non-hydrogen) atoms. The van der Waals surface area contributed by atoms with Gasteiger partial charge in [-0.25, -0.2) is 4.98 Å². The van der Waals surface area contributed by atoms with Gasteiger partial charge in [-0.2, -0.15) is 0 Å². The van der Waals surface area contributed by atoms with Crippen LogP contribution in [0.5, 0.6) is 5.75 Å². The smallest absolute Gasteiger partial charge is 0.160 e. The van der Waals surface area contributed by atoms with Crippen molar-refractivity contribution in [2.24, 2.45) is 7.05 Å². The van der Waals surface area contributed by atoms with E-state index in [9.17, 15) is 0 Å². The van der Waals surface area contributed by atoms with Crippen LogP contribution in [0.25, 0.3) is 22.8 Å². The monoisotopic (exact) mass is 294 g/mol. The summed E-state index contributed by atoms with van der Waals surface area (Å²) in [5.74, 6) is 1.64. The maximum absolute atomic E-state index is 5.71. The van der Waals surface area contributed by atoms with E-state index in [1.165, 1.54) is 0 Å². The minimum atomic E-state index is 0.145. The van der Waals surface area contributed by atoms with E-state index in [1.54, 1.807) is 6.20 Å². The van der Waals surface area contributed by atoms with E-state index in [0.29, 0.717) is 0 Å². The quantitative estimate of drug-likeness (QED) is 0.740. The molecule has 3 aromatic rings. The molecule has 0 spiro atoms. The Morgan fingerprint density at radius 3 is 2.45 bits per heavy atom. The summed E-state index contributed by atoms with van der Waals surface area (Å²) >= 11 is 0. The Kier molecular flexibility index (Phi) is 3.87. The van der Waals surface area contributed by atoms with Gasteiger partial charge in [0.15, 0.2) is 5.82 Å². The third kappa shape index (κ3) is 2.98. The predicted molar refractivity (Wildman–Crippen MR) is 85.4 cm³/mol. The average molecular weight is 294 g/mol. The zero-order chi connectivity index (χ0) is 15.5. The van der Waals surface area contributed by atoms with Crippen molar-refractivity contribution in [1.82, 2.24) is 19.7 Å². The highest BCUT2D eigenvalue weighted by atomic mass is 16.5. The summed E-state index contributed by atoms with van der Waals surface area (Å²) in [6.07, 6.45) is 3.78. The van der Waals surface area contributed by atoms with Crippen molar-refractivity contribution in [3.8, 4) is 28.5 Å². The highest BCUT2D eigenvalue weighted by Crippen LogP contribution is 2.23. The van der Waals surface area contributed by atoms with Crippen LogP contribution in [0, 0.1) is 0 Å². The molecule has 0 aliphatic carbocycles. The summed E-state index contributed by atoms with van der Waals surface area (Å²) in [5.41, 5.74) is 2.55. The lowest BCUT2D eigenvalue weighted by Gasteiger charge is -2.10. The van der Waals surface area contributed by atoms with E-state index < -0.39 is 0 Å². The first kappa shape index (κ1) is 14.3. The van der Waals surface area contributed by atoms with E-state index in [4.69, 9.17) is 4.74 Å². The minimum absolute atomic E-state index is 0.145. The molecule has 5 nitrogen and oxygen atoms in total. The Bertz CT molecular complexity index is 762. The van der Waals surface area contributed by atoms with Gasteiger partial charge < -0.3 is 9.30 Å². The molecule has 1 aromatic carbocycles. The van der Waals surface area contributed by atoms with Gasteiger partial charge in [0.25, 0.3) is 0 Å². The van der Waals surface area contributed by atoms with Gasteiger partial charge in [0.2, 0.25) is 0 Å². The molecule has 0 saturated carbocycles. The zero-order valence-electron chi connectivity index (χ0n) is 12.9. The fourth-order valence-electron chi connectivity index (χ4n) is 2.22. The van der Waals surface area contributed by atoms with Gasteiger partial charge >= 0.3 is 0 Å². The number of rotatable bonds is 4. The van der Waals surface area contributed by atoms with Crippen molar-refractivity contribution in [2.45, 2.75) is 20.0 Å². The summed E-state index contributed by atoms with van der Waals surface area (Å²) < 4.78 is 7.63. The van der Waals surface area contributed by atoms with Gasteiger partial charge in [-0.1, -0.05) is 12.1 Å². The molecule has 0 unspecified atom stereocenters. The topological polar surface area (TPSA) is 52.8 Å². The highest BCUT2D eigenvalue weighted by molar-refractivity contribution is 5.62. The SMILES string of the molecule is CC(C)Oc1cccc(-c2ccc(-c3nccn3C)nn2)c1. The van der Waals surface area contributed by atoms with Crippen molar-refractivity contribution in [3.63, 3.8) is 0 Å². The van der Waals surface area contributed by atoms with Crippen LogP contribution in [0.2, 0.25) is 0 Å². The average Bonchev–Trinajstić information content (AvgIpc) is 2.93. The molecule has 3 rings (SSSR count). The van der Waals surface area contributed by atoms with Gasteiger partial charge in [-0.15, -0.1) is 10.2 Å². The molecule has 112 valence electrons. The standard InChI is InChI=1S/C17H18N4O/c1-12(2)22-14-6-4-5-13(11-14)15-7-8-16(20-19-15)17-18-9-10-21(17)3/h4-12H,1-3H3. The second kappa shape index (κ2) is 5.97. The van der Waals surface area contributed by atoms with Crippen molar-refractivity contribution in [3.05, 3.63) is 48.8 Å². The molecule has 0 bridgehead atoms. The van der Waals surface area contributed by atoms with Gasteiger partial charge in [-0.05, 0) is 38.1 Å². The Morgan fingerprint density at radius 2 is 1.82 bits per heavy atom. The Labute approximate surface area is 129 Å². The normalized spacial score (nSPS) is 10.9. The number of benzene rings is 1. The molecular formula is C17H18N4O. The van der Waals surface area contributed by atoms with Crippen LogP contribution in [0.1, 0.15) is 13.8 Å². The second-order valence-electron chi connectivity index (χ2n) is 5.36. The summed E-state index contributed by atoms with van der Waals surface area (Å²) in [7, 11) is 1.94. The molecule has 2 heterocycles. The summed E-state index contributed by atoms with van der Waals surface area (Å²) in [4.78, 5) is 4.28. The van der Waals surface area contributed by atoms with E-state index in [1.807, 2.05) is 68.1 Å². The lowest BCUT2D eigenvalue weighted by Crippen LogP contribution is -2.05. The molecule has 2 aromatic heterocycles. The molecule has 0 fully saturated rings. The minimum Gasteiger partial charge on any atom is -0.491 e. The van der Waals surface area contributed by atoms with E-state index >= 15 is 0 Å². The van der Waals surface area contributed by atoms with Gasteiger partial charge in [-0.3, -0.25) is 0 Å². The molecular weight excluding hydrogens is 276 g/mol. The van der Waals surface area contributed by atoms with Gasteiger partial charge in [0.1, 0.15) is 11.4 Å². The van der Waals surface area contributed by atoms with E-state index in [2.05, 4.69) is 15.2 Å². The number of aryl methyl sites for hydroxylation is 1. The number of nitrogens with zero attached hydrogens (tertiary/aromatic N) is 4. The third-order valence-electron chi connectivity index (χ3n) is 3.22. The first-order valence-electron chi connectivity index (χ1n) is 7.22. The molecule has 0 aliphatic heterocycles. The van der Waals surface area contributed by atoms with Crippen LogP contribution in [0.4, 0.5) is 0 Å². The van der Waals surface area contributed by atoms with Gasteiger partial charge in [0, 0.05) is 25.0 Å². The van der Waals surface area contributed by atoms with Crippen molar-refractivity contribution in [2.75, 3.05) is 0 Å². The lowest BCUT2D eigenvalue weighted by atomic mass is 10.1. The number of hydrogen-bond acceptors (Lipinski definition) is 4. The maximum Gasteiger partial charge on any atom is 0.160 e. The third-order valence-corrected chi connectivity index (χ3v) is 3.22. The number of imidazole rings is 1. The van der Waals surface area contributed by atoms with Crippen LogP contribution in [0.3, 0.4) is 0 Å². The Hall–Kier alpha value is -2.69. The fourth-order valence-corrected chi connectivity index (χ4v) is 2.22. The molecule has 0 atom stereocenters. The molecule has 0 amide bonds. The first-order valence-corrected chi connectivity index (χ1v) is 7.22. The molecule has 5 heteroatoms. The second-order valence-corrected chi connectivity index (χ2v) is 5.36. The van der Waals surface area contributed by atoms with Crippen LogP contribution in [-0.2, 0) is 7.05 Å². The Balaban J connectivity index is 1.88. The van der Waals surface area contributed by atoms with Crippen molar-refractivity contribution in [1.29, 1.82) is 0 Å². The van der Waals surface area contributed by atoms with Crippen molar-refractivity contribution >= 4 is 0 Å². The van der Waals surface area contributed by atoms with Crippen LogP contribution < -0.4 is 4.74 Å². The van der Waals surface area contributed by atoms with Crippen molar-refractivity contribution < 1.29 is 4.74 Å². The maximum atomic E-state index is 5.71. The van der Waals surface area contributed by atoms with Crippen LogP contribution in [0.15, 0.2) is 48.8 Å². The highest BCUT2D eigenvalue weighted by Gasteiger charge is 2.08. The molecule has 0 aliphatic rings. The largest absolute Gasteiger partial charge is 0.491 e. The summed E-state index contributed by atoms with van der Waals surface area (Å²) in [6.45, 7) is 4.02. The Morgan fingerprint density at radius 1 is 1.05 bits per heavy atom. The predicted octanol–water partition coefficient (Wildman–Crippen LogP) is 3.33. The van der Waals surface area contributed by atoms with E-state index in [-0.39, 0.29) is 6.10 Å². The number of ether oxygens (including phenoxy) is 1. The molecule has 0 N–H and O–H groups in total. The lowest BCUT2D eigenvalue weighted by molar-refractivity contribution is 0.242. The molecule has 0 saturated heterocycles. The first-order chi connectivity index (χ1) is 10.6. The van der Waals surface area contributed by atoms with Crippen LogP contribution >= 0.6 is 0 Å². The van der Waals surface area contributed by atoms with Crippen LogP contribution in [-0.4, -0.2) is 25.9 Å². The summed E-state index contributed by atoms with van der Waals surface area (Å²) in [5, 5.41) is 8.58. The van der Waals surface area contributed by atoms with Gasteiger partial charge in [0.05, 0.1) is 11.8 Å². The summed E-state index contributed by atoms with van der Waals surface area (Å²) in [6, 6.07) is 11.8. The zero-order valence-corrected chi connectivity index (χ0v) is 12.9. The number of aromatic nitrogens is 4.